The van der Waals surface area contributed by atoms with E-state index < -0.39 is 19.0 Å². The second kappa shape index (κ2) is 4.31. The zero-order chi connectivity index (χ0) is 10.8. The summed E-state index contributed by atoms with van der Waals surface area (Å²) in [5.74, 6) is -2.78. The Hall–Kier alpha value is -0.550. The SMILES string of the molecule is CC(C)c1ncc(C(F)(F)CCO)s1. The molecule has 1 rings (SSSR count). The Kier molecular flexibility index (Phi) is 3.55. The second-order valence-corrected chi connectivity index (χ2v) is 4.46. The predicted molar refractivity (Wildman–Crippen MR) is 51.8 cm³/mol. The summed E-state index contributed by atoms with van der Waals surface area (Å²) in [5.41, 5.74) is 0. The van der Waals surface area contributed by atoms with E-state index in [0.29, 0.717) is 5.01 Å². The van der Waals surface area contributed by atoms with E-state index in [1.807, 2.05) is 13.8 Å². The van der Waals surface area contributed by atoms with Crippen LogP contribution in [0.5, 0.6) is 0 Å². The third kappa shape index (κ3) is 2.48. The summed E-state index contributed by atoms with van der Waals surface area (Å²) >= 11 is 1.02. The summed E-state index contributed by atoms with van der Waals surface area (Å²) in [6.45, 7) is 3.31. The van der Waals surface area contributed by atoms with Gasteiger partial charge in [-0.05, 0) is 0 Å². The van der Waals surface area contributed by atoms with E-state index in [-0.39, 0.29) is 10.8 Å². The van der Waals surface area contributed by atoms with Crippen LogP contribution in [-0.4, -0.2) is 16.7 Å². The summed E-state index contributed by atoms with van der Waals surface area (Å²) < 4.78 is 26.5. The van der Waals surface area contributed by atoms with E-state index >= 15 is 0 Å². The van der Waals surface area contributed by atoms with Gasteiger partial charge in [0.25, 0.3) is 5.92 Å². The molecule has 1 N–H and O–H groups in total. The molecule has 80 valence electrons. The summed E-state index contributed by atoms with van der Waals surface area (Å²) in [6.07, 6.45) is 0.669. The highest BCUT2D eigenvalue weighted by atomic mass is 32.1. The molecule has 0 radical (unpaired) electrons. The lowest BCUT2D eigenvalue weighted by molar-refractivity contribution is -0.0235. The van der Waals surface area contributed by atoms with Crippen molar-refractivity contribution < 1.29 is 13.9 Å². The van der Waals surface area contributed by atoms with Crippen molar-refractivity contribution in [2.45, 2.75) is 32.1 Å². The molecule has 0 aliphatic carbocycles. The minimum absolute atomic E-state index is 0.0600. The number of nitrogens with zero attached hydrogens (tertiary/aromatic N) is 1. The van der Waals surface area contributed by atoms with Gasteiger partial charge in [-0.25, -0.2) is 13.8 Å². The maximum atomic E-state index is 13.2. The molecule has 0 atom stereocenters. The van der Waals surface area contributed by atoms with E-state index in [1.165, 1.54) is 6.20 Å². The number of rotatable bonds is 4. The van der Waals surface area contributed by atoms with Crippen molar-refractivity contribution in [2.75, 3.05) is 6.61 Å². The van der Waals surface area contributed by atoms with Crippen molar-refractivity contribution in [3.8, 4) is 0 Å². The molecule has 0 aliphatic rings. The van der Waals surface area contributed by atoms with Gasteiger partial charge in [-0.2, -0.15) is 0 Å². The number of hydrogen-bond acceptors (Lipinski definition) is 3. The molecule has 1 aromatic heterocycles. The zero-order valence-electron chi connectivity index (χ0n) is 8.13. The van der Waals surface area contributed by atoms with Gasteiger partial charge in [0.2, 0.25) is 0 Å². The third-order valence-corrected chi connectivity index (χ3v) is 3.21. The van der Waals surface area contributed by atoms with Gasteiger partial charge in [-0.3, -0.25) is 0 Å². The van der Waals surface area contributed by atoms with E-state index in [4.69, 9.17) is 5.11 Å². The average Bonchev–Trinajstić information content (AvgIpc) is 2.51. The van der Waals surface area contributed by atoms with Crippen LogP contribution in [0.4, 0.5) is 8.78 Å². The molecule has 1 heterocycles. The number of aliphatic hydroxyl groups is 1. The molecule has 0 saturated carbocycles. The van der Waals surface area contributed by atoms with E-state index in [2.05, 4.69) is 4.98 Å². The fourth-order valence-corrected chi connectivity index (χ4v) is 1.91. The molecular formula is C9H13F2NOS. The predicted octanol–water partition coefficient (Wildman–Crippen LogP) is 2.74. The molecule has 0 unspecified atom stereocenters. The van der Waals surface area contributed by atoms with Gasteiger partial charge in [0.1, 0.15) is 0 Å². The number of thiazole rings is 1. The smallest absolute Gasteiger partial charge is 0.285 e. The number of aliphatic hydroxyl groups excluding tert-OH is 1. The first-order valence-corrected chi connectivity index (χ1v) is 5.24. The molecular weight excluding hydrogens is 208 g/mol. The van der Waals surface area contributed by atoms with Gasteiger partial charge in [0.15, 0.2) is 0 Å². The fraction of sp³-hybridized carbons (Fsp3) is 0.667. The second-order valence-electron chi connectivity index (χ2n) is 3.40. The van der Waals surface area contributed by atoms with Crippen LogP contribution in [0.1, 0.15) is 36.1 Å². The largest absolute Gasteiger partial charge is 0.396 e. The van der Waals surface area contributed by atoms with E-state index in [9.17, 15) is 8.78 Å². The Bertz CT molecular complexity index is 299. The van der Waals surface area contributed by atoms with Crippen LogP contribution in [-0.2, 0) is 5.92 Å². The monoisotopic (exact) mass is 221 g/mol. The summed E-state index contributed by atoms with van der Waals surface area (Å²) in [4.78, 5) is 3.86. The minimum atomic E-state index is -2.94. The number of alkyl halides is 2. The van der Waals surface area contributed by atoms with Crippen molar-refractivity contribution in [2.24, 2.45) is 0 Å². The maximum Gasteiger partial charge on any atom is 0.285 e. The minimum Gasteiger partial charge on any atom is -0.396 e. The Morgan fingerprint density at radius 2 is 2.21 bits per heavy atom. The number of halogens is 2. The van der Waals surface area contributed by atoms with Gasteiger partial charge in [0.05, 0.1) is 9.88 Å². The Morgan fingerprint density at radius 1 is 1.57 bits per heavy atom. The van der Waals surface area contributed by atoms with Crippen LogP contribution in [0.15, 0.2) is 6.20 Å². The van der Waals surface area contributed by atoms with E-state index in [1.54, 1.807) is 0 Å². The molecule has 0 saturated heterocycles. The molecule has 0 aromatic carbocycles. The van der Waals surface area contributed by atoms with Gasteiger partial charge in [-0.15, -0.1) is 11.3 Å². The normalized spacial score (nSPS) is 12.4. The van der Waals surface area contributed by atoms with Crippen molar-refractivity contribution in [3.05, 3.63) is 16.1 Å². The first-order chi connectivity index (χ1) is 6.47. The van der Waals surface area contributed by atoms with Crippen LogP contribution in [0.3, 0.4) is 0 Å². The lowest BCUT2D eigenvalue weighted by Crippen LogP contribution is -2.13. The molecule has 0 amide bonds. The van der Waals surface area contributed by atoms with Gasteiger partial charge < -0.3 is 5.11 Å². The average molecular weight is 221 g/mol. The van der Waals surface area contributed by atoms with Crippen molar-refractivity contribution >= 4 is 11.3 Å². The molecule has 1 aromatic rings. The maximum absolute atomic E-state index is 13.2. The van der Waals surface area contributed by atoms with Gasteiger partial charge >= 0.3 is 0 Å². The molecule has 0 spiro atoms. The first kappa shape index (κ1) is 11.5. The zero-order valence-corrected chi connectivity index (χ0v) is 8.94. The highest BCUT2D eigenvalue weighted by Gasteiger charge is 2.33. The Morgan fingerprint density at radius 3 is 2.64 bits per heavy atom. The lowest BCUT2D eigenvalue weighted by Gasteiger charge is -2.11. The first-order valence-electron chi connectivity index (χ1n) is 4.42. The summed E-state index contributed by atoms with van der Waals surface area (Å²) in [6, 6.07) is 0. The lowest BCUT2D eigenvalue weighted by atomic mass is 10.2. The van der Waals surface area contributed by atoms with Crippen molar-refractivity contribution in [3.63, 3.8) is 0 Å². The standard InChI is InChI=1S/C9H13F2NOS/c1-6(2)8-12-5-7(14-8)9(10,11)3-4-13/h5-6,13H,3-4H2,1-2H3. The molecule has 2 nitrogen and oxygen atoms in total. The summed E-state index contributed by atoms with van der Waals surface area (Å²) in [7, 11) is 0. The molecule has 14 heavy (non-hydrogen) atoms. The molecule has 0 aliphatic heterocycles. The Labute approximate surface area is 85.6 Å². The van der Waals surface area contributed by atoms with Crippen LogP contribution in [0.2, 0.25) is 0 Å². The van der Waals surface area contributed by atoms with Crippen LogP contribution >= 0.6 is 11.3 Å². The highest BCUT2D eigenvalue weighted by molar-refractivity contribution is 7.11. The van der Waals surface area contributed by atoms with Gasteiger partial charge in [-0.1, -0.05) is 13.8 Å². The fourth-order valence-electron chi connectivity index (χ4n) is 0.987. The molecule has 5 heteroatoms. The van der Waals surface area contributed by atoms with E-state index in [0.717, 1.165) is 11.3 Å². The number of aromatic nitrogens is 1. The quantitative estimate of drug-likeness (QED) is 0.848. The molecule has 0 bridgehead atoms. The number of hydrogen-bond donors (Lipinski definition) is 1. The highest BCUT2D eigenvalue weighted by Crippen LogP contribution is 2.36. The van der Waals surface area contributed by atoms with Crippen LogP contribution in [0, 0.1) is 0 Å². The topological polar surface area (TPSA) is 33.1 Å². The molecule has 0 fully saturated rings. The third-order valence-electron chi connectivity index (χ3n) is 1.80. The van der Waals surface area contributed by atoms with Crippen LogP contribution < -0.4 is 0 Å². The van der Waals surface area contributed by atoms with Crippen molar-refractivity contribution in [1.29, 1.82) is 0 Å². The summed E-state index contributed by atoms with van der Waals surface area (Å²) in [5, 5.41) is 9.19. The Balaban J connectivity index is 2.85. The van der Waals surface area contributed by atoms with Crippen LogP contribution in [0.25, 0.3) is 0 Å². The van der Waals surface area contributed by atoms with Crippen molar-refractivity contribution in [1.82, 2.24) is 4.98 Å². The van der Waals surface area contributed by atoms with Gasteiger partial charge in [0, 0.05) is 25.1 Å².